The predicted octanol–water partition coefficient (Wildman–Crippen LogP) is 5.98. The zero-order valence-corrected chi connectivity index (χ0v) is 18.9. The van der Waals surface area contributed by atoms with Crippen LogP contribution in [0.5, 0.6) is 17.2 Å². The standard InChI is InChI=1S/C27H26O5/c1-16-7-6-8-19(12-16)15-31-27-24(28)21-13-17(2)11-18(3)25(21)32-26(27)20-9-10-22(29-4)23(14-20)30-5/h6-14H,15H2,1-5H3. The van der Waals surface area contributed by atoms with E-state index in [1.165, 1.54) is 0 Å². The average molecular weight is 431 g/mol. The summed E-state index contributed by atoms with van der Waals surface area (Å²) >= 11 is 0. The molecule has 5 heteroatoms. The topological polar surface area (TPSA) is 57.9 Å². The summed E-state index contributed by atoms with van der Waals surface area (Å²) in [6.45, 7) is 6.17. The molecule has 0 aliphatic rings. The largest absolute Gasteiger partial charge is 0.493 e. The van der Waals surface area contributed by atoms with Crippen LogP contribution in [0.25, 0.3) is 22.3 Å². The number of hydrogen-bond donors (Lipinski definition) is 0. The van der Waals surface area contributed by atoms with Crippen molar-refractivity contribution >= 4 is 11.0 Å². The third kappa shape index (κ3) is 4.06. The molecule has 3 aromatic carbocycles. The zero-order chi connectivity index (χ0) is 22.8. The van der Waals surface area contributed by atoms with Crippen LogP contribution in [0.4, 0.5) is 0 Å². The highest BCUT2D eigenvalue weighted by Gasteiger charge is 2.20. The summed E-state index contributed by atoms with van der Waals surface area (Å²) in [6, 6.07) is 17.2. The minimum absolute atomic E-state index is 0.177. The summed E-state index contributed by atoms with van der Waals surface area (Å²) in [5.41, 5.74) is 5.01. The number of fused-ring (bicyclic) bond motifs is 1. The molecule has 5 nitrogen and oxygen atoms in total. The molecular formula is C27H26O5. The highest BCUT2D eigenvalue weighted by Crippen LogP contribution is 2.37. The molecule has 0 amide bonds. The van der Waals surface area contributed by atoms with Crippen LogP contribution in [-0.4, -0.2) is 14.2 Å². The van der Waals surface area contributed by atoms with Crippen LogP contribution in [0.2, 0.25) is 0 Å². The Kier molecular flexibility index (Phi) is 5.91. The third-order valence-corrected chi connectivity index (χ3v) is 5.39. The van der Waals surface area contributed by atoms with E-state index in [0.29, 0.717) is 33.8 Å². The average Bonchev–Trinajstić information content (AvgIpc) is 2.78. The molecule has 4 aromatic rings. The van der Waals surface area contributed by atoms with Gasteiger partial charge < -0.3 is 18.6 Å². The van der Waals surface area contributed by atoms with Crippen LogP contribution in [-0.2, 0) is 6.61 Å². The van der Waals surface area contributed by atoms with E-state index in [0.717, 1.165) is 22.3 Å². The van der Waals surface area contributed by atoms with Gasteiger partial charge in [0, 0.05) is 5.56 Å². The summed E-state index contributed by atoms with van der Waals surface area (Å²) in [5.74, 6) is 1.67. The lowest BCUT2D eigenvalue weighted by Gasteiger charge is -2.15. The molecular weight excluding hydrogens is 404 g/mol. The number of benzene rings is 3. The van der Waals surface area contributed by atoms with E-state index < -0.39 is 0 Å². The van der Waals surface area contributed by atoms with Crippen molar-refractivity contribution < 1.29 is 18.6 Å². The van der Waals surface area contributed by atoms with Crippen LogP contribution < -0.4 is 19.6 Å². The van der Waals surface area contributed by atoms with Gasteiger partial charge in [-0.05, 0) is 61.7 Å². The van der Waals surface area contributed by atoms with Crippen LogP contribution in [0.3, 0.4) is 0 Å². The van der Waals surface area contributed by atoms with Gasteiger partial charge in [-0.1, -0.05) is 35.9 Å². The fourth-order valence-electron chi connectivity index (χ4n) is 3.89. The molecule has 0 saturated carbocycles. The van der Waals surface area contributed by atoms with Crippen molar-refractivity contribution in [3.05, 3.63) is 87.1 Å². The van der Waals surface area contributed by atoms with Crippen LogP contribution in [0.15, 0.2) is 63.8 Å². The smallest absolute Gasteiger partial charge is 0.235 e. The van der Waals surface area contributed by atoms with Gasteiger partial charge in [0.1, 0.15) is 12.2 Å². The highest BCUT2D eigenvalue weighted by molar-refractivity contribution is 5.85. The minimum Gasteiger partial charge on any atom is -0.493 e. The van der Waals surface area contributed by atoms with Gasteiger partial charge >= 0.3 is 0 Å². The summed E-state index contributed by atoms with van der Waals surface area (Å²) in [5, 5.41) is 0.506. The molecule has 4 rings (SSSR count). The van der Waals surface area contributed by atoms with Crippen molar-refractivity contribution in [3.63, 3.8) is 0 Å². The second-order valence-corrected chi connectivity index (χ2v) is 7.90. The fraction of sp³-hybridized carbons (Fsp3) is 0.222. The number of methoxy groups -OCH3 is 2. The molecule has 0 bridgehead atoms. The SMILES string of the molecule is COc1ccc(-c2oc3c(C)cc(C)cc3c(=O)c2OCc2cccc(C)c2)cc1OC. The van der Waals surface area contributed by atoms with Crippen LogP contribution in [0.1, 0.15) is 22.3 Å². The van der Waals surface area contributed by atoms with Crippen LogP contribution >= 0.6 is 0 Å². The van der Waals surface area contributed by atoms with E-state index in [1.807, 2.05) is 63.2 Å². The lowest BCUT2D eigenvalue weighted by Crippen LogP contribution is -2.11. The molecule has 0 aliphatic carbocycles. The van der Waals surface area contributed by atoms with Crippen molar-refractivity contribution in [2.24, 2.45) is 0 Å². The molecule has 0 aliphatic heterocycles. The molecule has 0 saturated heterocycles. The van der Waals surface area contributed by atoms with Gasteiger partial charge in [0.25, 0.3) is 0 Å². The lowest BCUT2D eigenvalue weighted by molar-refractivity contribution is 0.297. The van der Waals surface area contributed by atoms with E-state index in [4.69, 9.17) is 18.6 Å². The normalized spacial score (nSPS) is 10.9. The highest BCUT2D eigenvalue weighted by atomic mass is 16.5. The maximum atomic E-state index is 13.6. The van der Waals surface area contributed by atoms with E-state index >= 15 is 0 Å². The van der Waals surface area contributed by atoms with Crippen molar-refractivity contribution in [2.75, 3.05) is 14.2 Å². The quantitative estimate of drug-likeness (QED) is 0.377. The first kappa shape index (κ1) is 21.5. The van der Waals surface area contributed by atoms with Crippen molar-refractivity contribution in [2.45, 2.75) is 27.4 Å². The fourth-order valence-corrected chi connectivity index (χ4v) is 3.89. The molecule has 164 valence electrons. The summed E-state index contributed by atoms with van der Waals surface area (Å²) in [6.07, 6.45) is 0. The lowest BCUT2D eigenvalue weighted by atomic mass is 10.0. The first-order valence-electron chi connectivity index (χ1n) is 10.4. The number of ether oxygens (including phenoxy) is 3. The van der Waals surface area contributed by atoms with Gasteiger partial charge in [-0.25, -0.2) is 0 Å². The number of hydrogen-bond acceptors (Lipinski definition) is 5. The molecule has 1 heterocycles. The molecule has 32 heavy (non-hydrogen) atoms. The van der Waals surface area contributed by atoms with Gasteiger partial charge in [0.2, 0.25) is 11.2 Å². The second-order valence-electron chi connectivity index (χ2n) is 7.90. The minimum atomic E-state index is -0.199. The monoisotopic (exact) mass is 430 g/mol. The third-order valence-electron chi connectivity index (χ3n) is 5.39. The van der Waals surface area contributed by atoms with E-state index in [2.05, 4.69) is 0 Å². The Hall–Kier alpha value is -3.73. The Labute approximate surface area is 187 Å². The molecule has 0 atom stereocenters. The molecule has 1 aromatic heterocycles. The zero-order valence-electron chi connectivity index (χ0n) is 18.9. The molecule has 0 radical (unpaired) electrons. The van der Waals surface area contributed by atoms with Crippen molar-refractivity contribution in [1.29, 1.82) is 0 Å². The Morgan fingerprint density at radius 3 is 2.34 bits per heavy atom. The predicted molar refractivity (Wildman–Crippen MR) is 126 cm³/mol. The van der Waals surface area contributed by atoms with E-state index in [1.54, 1.807) is 26.4 Å². The molecule has 0 spiro atoms. The summed E-state index contributed by atoms with van der Waals surface area (Å²) in [7, 11) is 3.15. The maximum absolute atomic E-state index is 13.6. The summed E-state index contributed by atoms with van der Waals surface area (Å²) < 4.78 is 23.2. The van der Waals surface area contributed by atoms with Gasteiger partial charge in [-0.2, -0.15) is 0 Å². The Bertz CT molecular complexity index is 1350. The van der Waals surface area contributed by atoms with Gasteiger partial charge in [-0.15, -0.1) is 0 Å². The van der Waals surface area contributed by atoms with E-state index in [9.17, 15) is 4.79 Å². The van der Waals surface area contributed by atoms with Crippen LogP contribution in [0, 0.1) is 20.8 Å². The van der Waals surface area contributed by atoms with Gasteiger partial charge in [0.05, 0.1) is 19.6 Å². The molecule has 0 N–H and O–H groups in total. The number of rotatable bonds is 6. The molecule has 0 unspecified atom stereocenters. The first-order chi connectivity index (χ1) is 15.4. The second kappa shape index (κ2) is 8.79. The molecule has 0 fully saturated rings. The van der Waals surface area contributed by atoms with Crippen molar-refractivity contribution in [3.8, 4) is 28.6 Å². The Morgan fingerprint density at radius 2 is 1.62 bits per heavy atom. The maximum Gasteiger partial charge on any atom is 0.235 e. The summed E-state index contributed by atoms with van der Waals surface area (Å²) in [4.78, 5) is 13.6. The Balaban J connectivity index is 1.91. The van der Waals surface area contributed by atoms with Gasteiger partial charge in [0.15, 0.2) is 17.3 Å². The Morgan fingerprint density at radius 1 is 0.844 bits per heavy atom. The first-order valence-corrected chi connectivity index (χ1v) is 10.4. The number of aryl methyl sites for hydroxylation is 3. The van der Waals surface area contributed by atoms with Gasteiger partial charge in [-0.3, -0.25) is 4.79 Å². The van der Waals surface area contributed by atoms with E-state index in [-0.39, 0.29) is 17.8 Å². The van der Waals surface area contributed by atoms with Crippen molar-refractivity contribution in [1.82, 2.24) is 0 Å².